The fourth-order valence-corrected chi connectivity index (χ4v) is 2.74. The molecule has 0 spiro atoms. The Hall–Kier alpha value is -3.15. The van der Waals surface area contributed by atoms with Crippen LogP contribution < -0.4 is 10.2 Å². The molecule has 3 aromatic rings. The van der Waals surface area contributed by atoms with Gasteiger partial charge in [-0.05, 0) is 31.2 Å². The lowest BCUT2D eigenvalue weighted by Crippen LogP contribution is -2.33. The fraction of sp³-hybridized carbons (Fsp3) is 0.200. The molecule has 1 aromatic heterocycles. The van der Waals surface area contributed by atoms with E-state index in [0.717, 1.165) is 5.69 Å². The molecule has 26 heavy (non-hydrogen) atoms. The molecule has 1 amide bonds. The molecule has 0 aliphatic rings. The highest BCUT2D eigenvalue weighted by atomic mass is 19.1. The van der Waals surface area contributed by atoms with Crippen molar-refractivity contribution >= 4 is 11.6 Å². The highest BCUT2D eigenvalue weighted by molar-refractivity contribution is 5.95. The van der Waals surface area contributed by atoms with Gasteiger partial charge in [-0.1, -0.05) is 30.3 Å². The van der Waals surface area contributed by atoms with E-state index >= 15 is 0 Å². The number of rotatable bonds is 6. The van der Waals surface area contributed by atoms with E-state index in [-0.39, 0.29) is 11.7 Å². The Bertz CT molecular complexity index is 892. The van der Waals surface area contributed by atoms with Gasteiger partial charge in [0, 0.05) is 25.8 Å². The molecule has 0 aliphatic carbocycles. The van der Waals surface area contributed by atoms with E-state index in [1.54, 1.807) is 25.1 Å². The molecule has 0 bridgehead atoms. The smallest absolute Gasteiger partial charge is 0.254 e. The minimum Gasteiger partial charge on any atom is -0.373 e. The molecule has 0 saturated carbocycles. The van der Waals surface area contributed by atoms with Crippen LogP contribution in [0.4, 0.5) is 10.1 Å². The summed E-state index contributed by atoms with van der Waals surface area (Å²) in [5.74, 6) is -0.596. The van der Waals surface area contributed by atoms with E-state index in [0.29, 0.717) is 30.0 Å². The van der Waals surface area contributed by atoms with Crippen LogP contribution >= 0.6 is 0 Å². The maximum atomic E-state index is 14.0. The highest BCUT2D eigenvalue weighted by Gasteiger charge is 2.16. The van der Waals surface area contributed by atoms with E-state index in [4.69, 9.17) is 0 Å². The van der Waals surface area contributed by atoms with E-state index < -0.39 is 0 Å². The highest BCUT2D eigenvalue weighted by Crippen LogP contribution is 2.17. The molecule has 1 heterocycles. The van der Waals surface area contributed by atoms with E-state index in [2.05, 4.69) is 15.3 Å². The molecule has 2 aromatic carbocycles. The number of amides is 1. The lowest BCUT2D eigenvalue weighted by molar-refractivity contribution is 0.0954. The van der Waals surface area contributed by atoms with Crippen LogP contribution in [0.25, 0.3) is 5.69 Å². The predicted octanol–water partition coefficient (Wildman–Crippen LogP) is 3.19. The SMILES string of the molecule is Cc1c(C(=O)NCCN(C)c2ccccc2)cnn1-c1ccccc1F. The Balaban J connectivity index is 1.63. The number of carbonyl (C=O) groups excluding carboxylic acids is 1. The molecule has 0 unspecified atom stereocenters. The van der Waals surface area contributed by atoms with Gasteiger partial charge < -0.3 is 10.2 Å². The number of aromatic nitrogens is 2. The number of hydrogen-bond donors (Lipinski definition) is 1. The predicted molar refractivity (Wildman–Crippen MR) is 100 cm³/mol. The largest absolute Gasteiger partial charge is 0.373 e. The number of carbonyl (C=O) groups is 1. The monoisotopic (exact) mass is 352 g/mol. The van der Waals surface area contributed by atoms with Crippen LogP contribution in [-0.4, -0.2) is 35.8 Å². The summed E-state index contributed by atoms with van der Waals surface area (Å²) in [6.45, 7) is 2.93. The second kappa shape index (κ2) is 7.82. The zero-order valence-corrected chi connectivity index (χ0v) is 14.8. The van der Waals surface area contributed by atoms with Gasteiger partial charge >= 0.3 is 0 Å². The number of para-hydroxylation sites is 2. The molecule has 1 N–H and O–H groups in total. The number of hydrogen-bond acceptors (Lipinski definition) is 3. The topological polar surface area (TPSA) is 50.2 Å². The molecule has 6 heteroatoms. The number of halogens is 1. The van der Waals surface area contributed by atoms with Crippen molar-refractivity contribution in [2.24, 2.45) is 0 Å². The van der Waals surface area contributed by atoms with Crippen molar-refractivity contribution in [3.8, 4) is 5.69 Å². The molecular formula is C20H21FN4O. The molecule has 5 nitrogen and oxygen atoms in total. The number of nitrogens with one attached hydrogen (secondary N) is 1. The van der Waals surface area contributed by atoms with E-state index in [9.17, 15) is 9.18 Å². The Morgan fingerprint density at radius 3 is 2.58 bits per heavy atom. The molecule has 0 atom stereocenters. The minimum atomic E-state index is -0.379. The van der Waals surface area contributed by atoms with Crippen molar-refractivity contribution in [3.05, 3.63) is 77.9 Å². The Morgan fingerprint density at radius 2 is 1.85 bits per heavy atom. The van der Waals surface area contributed by atoms with Gasteiger partial charge in [-0.25, -0.2) is 9.07 Å². The normalized spacial score (nSPS) is 10.6. The number of benzene rings is 2. The molecule has 134 valence electrons. The minimum absolute atomic E-state index is 0.216. The first-order valence-electron chi connectivity index (χ1n) is 8.42. The first kappa shape index (κ1) is 17.7. The van der Waals surface area contributed by atoms with Crippen molar-refractivity contribution in [1.82, 2.24) is 15.1 Å². The second-order valence-electron chi connectivity index (χ2n) is 6.02. The summed E-state index contributed by atoms with van der Waals surface area (Å²) in [5, 5.41) is 7.06. The van der Waals surface area contributed by atoms with Crippen LogP contribution in [0.5, 0.6) is 0 Å². The lowest BCUT2D eigenvalue weighted by atomic mass is 10.2. The molecule has 3 rings (SSSR count). The van der Waals surface area contributed by atoms with Crippen molar-refractivity contribution in [2.75, 3.05) is 25.0 Å². The van der Waals surface area contributed by atoms with E-state index in [1.165, 1.54) is 16.9 Å². The van der Waals surface area contributed by atoms with Gasteiger partial charge in [-0.3, -0.25) is 4.79 Å². The number of likely N-dealkylation sites (N-methyl/N-ethyl adjacent to an activating group) is 1. The van der Waals surface area contributed by atoms with Crippen LogP contribution in [0.1, 0.15) is 16.1 Å². The molecule has 0 aliphatic heterocycles. The number of nitrogens with zero attached hydrogens (tertiary/aromatic N) is 3. The summed E-state index contributed by atoms with van der Waals surface area (Å²) in [6.07, 6.45) is 1.47. The summed E-state index contributed by atoms with van der Waals surface area (Å²) < 4.78 is 15.4. The average molecular weight is 352 g/mol. The van der Waals surface area contributed by atoms with Gasteiger partial charge in [0.05, 0.1) is 17.5 Å². The van der Waals surface area contributed by atoms with Gasteiger partial charge in [0.2, 0.25) is 0 Å². The maximum absolute atomic E-state index is 14.0. The molecule has 0 fully saturated rings. The Morgan fingerprint density at radius 1 is 1.15 bits per heavy atom. The zero-order chi connectivity index (χ0) is 18.5. The van der Waals surface area contributed by atoms with Crippen molar-refractivity contribution in [3.63, 3.8) is 0 Å². The summed E-state index contributed by atoms with van der Waals surface area (Å²) in [4.78, 5) is 14.5. The average Bonchev–Trinajstić information content (AvgIpc) is 3.04. The zero-order valence-electron chi connectivity index (χ0n) is 14.8. The summed E-state index contributed by atoms with van der Waals surface area (Å²) in [7, 11) is 1.98. The van der Waals surface area contributed by atoms with Gasteiger partial charge in [-0.15, -0.1) is 0 Å². The van der Waals surface area contributed by atoms with Crippen LogP contribution in [0.3, 0.4) is 0 Å². The van der Waals surface area contributed by atoms with E-state index in [1.807, 2.05) is 37.4 Å². The van der Waals surface area contributed by atoms with Crippen LogP contribution in [0, 0.1) is 12.7 Å². The molecule has 0 saturated heterocycles. The fourth-order valence-electron chi connectivity index (χ4n) is 2.74. The molecular weight excluding hydrogens is 331 g/mol. The Labute approximate surface area is 152 Å². The molecule has 0 radical (unpaired) electrons. The third-order valence-electron chi connectivity index (χ3n) is 4.26. The van der Waals surface area contributed by atoms with Gasteiger partial charge in [0.25, 0.3) is 5.91 Å². The quantitative estimate of drug-likeness (QED) is 0.741. The van der Waals surface area contributed by atoms with Gasteiger partial charge in [0.15, 0.2) is 0 Å². The first-order chi connectivity index (χ1) is 12.6. The van der Waals surface area contributed by atoms with Crippen molar-refractivity contribution < 1.29 is 9.18 Å². The lowest BCUT2D eigenvalue weighted by Gasteiger charge is -2.19. The summed E-state index contributed by atoms with van der Waals surface area (Å²) in [5.41, 5.74) is 2.46. The van der Waals surface area contributed by atoms with Crippen LogP contribution in [0.15, 0.2) is 60.8 Å². The summed E-state index contributed by atoms with van der Waals surface area (Å²) in [6, 6.07) is 16.3. The van der Waals surface area contributed by atoms with Crippen molar-refractivity contribution in [1.29, 1.82) is 0 Å². The van der Waals surface area contributed by atoms with Crippen molar-refractivity contribution in [2.45, 2.75) is 6.92 Å². The van der Waals surface area contributed by atoms with Gasteiger partial charge in [-0.2, -0.15) is 5.10 Å². The number of anilines is 1. The van der Waals surface area contributed by atoms with Gasteiger partial charge in [0.1, 0.15) is 11.5 Å². The second-order valence-corrected chi connectivity index (χ2v) is 6.02. The standard InChI is InChI=1S/C20H21FN4O/c1-15-17(14-23-25(15)19-11-7-6-10-18(19)21)20(26)22-12-13-24(2)16-8-4-3-5-9-16/h3-11,14H,12-13H2,1-2H3,(H,22,26). The van der Waals surface area contributed by atoms with Crippen LogP contribution in [0.2, 0.25) is 0 Å². The Kier molecular flexibility index (Phi) is 5.31. The van der Waals surface area contributed by atoms with Crippen LogP contribution in [-0.2, 0) is 0 Å². The third-order valence-corrected chi connectivity index (χ3v) is 4.26. The first-order valence-corrected chi connectivity index (χ1v) is 8.42. The maximum Gasteiger partial charge on any atom is 0.254 e. The third kappa shape index (κ3) is 3.74. The summed E-state index contributed by atoms with van der Waals surface area (Å²) >= 11 is 0.